The molecular formula is C14H17N5OS. The van der Waals surface area contributed by atoms with E-state index in [2.05, 4.69) is 20.3 Å². The number of pyridine rings is 1. The first kappa shape index (κ1) is 15.1. The summed E-state index contributed by atoms with van der Waals surface area (Å²) in [5, 5.41) is 2.82. The molecule has 0 atom stereocenters. The molecule has 0 aliphatic carbocycles. The first-order valence-corrected chi connectivity index (χ1v) is 6.93. The van der Waals surface area contributed by atoms with Crippen molar-refractivity contribution in [1.82, 2.24) is 20.3 Å². The molecule has 2 N–H and O–H groups in total. The lowest BCUT2D eigenvalue weighted by atomic mass is 10.2. The topological polar surface area (TPSA) is 73.9 Å². The van der Waals surface area contributed by atoms with Gasteiger partial charge in [0.1, 0.15) is 4.64 Å². The number of aromatic amines is 1. The lowest BCUT2D eigenvalue weighted by molar-refractivity contribution is 0.0953. The Morgan fingerprint density at radius 1 is 1.38 bits per heavy atom. The number of H-pyrrole nitrogens is 1. The molecule has 21 heavy (non-hydrogen) atoms. The Hall–Kier alpha value is -2.28. The van der Waals surface area contributed by atoms with E-state index in [0.717, 1.165) is 5.69 Å². The molecule has 110 valence electrons. The number of hydrogen-bond donors (Lipinski definition) is 2. The van der Waals surface area contributed by atoms with Crippen LogP contribution in [0, 0.1) is 4.64 Å². The number of nitrogens with one attached hydrogen (secondary N) is 2. The number of aromatic nitrogens is 3. The molecule has 2 rings (SSSR count). The highest BCUT2D eigenvalue weighted by Gasteiger charge is 2.09. The van der Waals surface area contributed by atoms with Gasteiger partial charge in [0.15, 0.2) is 0 Å². The maximum absolute atomic E-state index is 12.1. The number of rotatable bonds is 5. The highest BCUT2D eigenvalue weighted by atomic mass is 32.1. The third-order valence-electron chi connectivity index (χ3n) is 2.85. The summed E-state index contributed by atoms with van der Waals surface area (Å²) in [5.74, 6) is 0.384. The van der Waals surface area contributed by atoms with Crippen LogP contribution in [0.1, 0.15) is 16.1 Å². The molecule has 0 aromatic carbocycles. The van der Waals surface area contributed by atoms with Crippen LogP contribution in [0.15, 0.2) is 30.6 Å². The third-order valence-corrected chi connectivity index (χ3v) is 3.17. The van der Waals surface area contributed by atoms with Crippen LogP contribution in [0.5, 0.6) is 0 Å². The van der Waals surface area contributed by atoms with Crippen LogP contribution in [-0.2, 0) is 6.42 Å². The third kappa shape index (κ3) is 4.09. The molecule has 0 saturated heterocycles. The zero-order valence-corrected chi connectivity index (χ0v) is 12.8. The van der Waals surface area contributed by atoms with Gasteiger partial charge < -0.3 is 15.2 Å². The van der Waals surface area contributed by atoms with Gasteiger partial charge in [-0.1, -0.05) is 18.3 Å². The molecular weight excluding hydrogens is 286 g/mol. The summed E-state index contributed by atoms with van der Waals surface area (Å²) in [6, 6.07) is 5.70. The second-order valence-electron chi connectivity index (χ2n) is 4.67. The number of nitrogens with zero attached hydrogens (tertiary/aromatic N) is 3. The van der Waals surface area contributed by atoms with Crippen molar-refractivity contribution in [1.29, 1.82) is 0 Å². The monoisotopic (exact) mass is 303 g/mol. The zero-order chi connectivity index (χ0) is 15.2. The summed E-state index contributed by atoms with van der Waals surface area (Å²) in [5.41, 5.74) is 1.31. The summed E-state index contributed by atoms with van der Waals surface area (Å²) < 4.78 is 0.379. The van der Waals surface area contributed by atoms with Crippen LogP contribution in [0.2, 0.25) is 0 Å². The van der Waals surface area contributed by atoms with Crippen molar-refractivity contribution >= 4 is 24.1 Å². The molecule has 2 aromatic heterocycles. The van der Waals surface area contributed by atoms with Crippen molar-refractivity contribution in [3.8, 4) is 0 Å². The average molecular weight is 303 g/mol. The molecule has 0 spiro atoms. The molecule has 0 bridgehead atoms. The van der Waals surface area contributed by atoms with Crippen LogP contribution in [0.4, 0.5) is 5.95 Å². The summed E-state index contributed by atoms with van der Waals surface area (Å²) in [7, 11) is 3.69. The summed E-state index contributed by atoms with van der Waals surface area (Å²) in [6.07, 6.45) is 3.90. The van der Waals surface area contributed by atoms with E-state index in [1.807, 2.05) is 32.3 Å². The fraction of sp³-hybridized carbons (Fsp3) is 0.286. The quantitative estimate of drug-likeness (QED) is 0.820. The van der Waals surface area contributed by atoms with E-state index in [1.54, 1.807) is 11.1 Å². The van der Waals surface area contributed by atoms with Gasteiger partial charge in [0.25, 0.3) is 5.91 Å². The minimum Gasteiger partial charge on any atom is -0.352 e. The van der Waals surface area contributed by atoms with Gasteiger partial charge in [0.05, 0.1) is 5.56 Å². The van der Waals surface area contributed by atoms with Crippen molar-refractivity contribution in [3.63, 3.8) is 0 Å². The van der Waals surface area contributed by atoms with Gasteiger partial charge in [-0.15, -0.1) is 0 Å². The van der Waals surface area contributed by atoms with Crippen molar-refractivity contribution in [2.24, 2.45) is 0 Å². The minimum absolute atomic E-state index is 0.231. The maximum atomic E-state index is 12.1. The van der Waals surface area contributed by atoms with Crippen LogP contribution in [-0.4, -0.2) is 41.5 Å². The summed E-state index contributed by atoms with van der Waals surface area (Å²) in [6.45, 7) is 0.500. The Kier molecular flexibility index (Phi) is 4.99. The van der Waals surface area contributed by atoms with Gasteiger partial charge in [0.2, 0.25) is 5.95 Å². The fourth-order valence-corrected chi connectivity index (χ4v) is 1.96. The first-order valence-electron chi connectivity index (χ1n) is 6.52. The van der Waals surface area contributed by atoms with Gasteiger partial charge in [-0.25, -0.2) is 4.98 Å². The molecule has 2 aromatic rings. The molecule has 0 fully saturated rings. The highest BCUT2D eigenvalue weighted by Crippen LogP contribution is 2.06. The molecule has 0 unspecified atom stereocenters. The second-order valence-corrected chi connectivity index (χ2v) is 5.08. The Bertz CT molecular complexity index is 669. The Balaban J connectivity index is 1.96. The Morgan fingerprint density at radius 3 is 2.81 bits per heavy atom. The van der Waals surface area contributed by atoms with Crippen molar-refractivity contribution in [2.75, 3.05) is 25.5 Å². The highest BCUT2D eigenvalue weighted by molar-refractivity contribution is 7.71. The Labute approximate surface area is 128 Å². The van der Waals surface area contributed by atoms with Crippen molar-refractivity contribution in [2.45, 2.75) is 6.42 Å². The SMILES string of the molecule is CN(C)c1ncc(C(=O)NCCc2ccccn2)c(=S)[nH]1. The predicted octanol–water partition coefficient (Wildman–Crippen LogP) is 1.57. The lowest BCUT2D eigenvalue weighted by Gasteiger charge is -2.11. The molecule has 0 aliphatic heterocycles. The lowest BCUT2D eigenvalue weighted by Crippen LogP contribution is -2.27. The summed E-state index contributed by atoms with van der Waals surface area (Å²) >= 11 is 5.18. The van der Waals surface area contributed by atoms with E-state index in [-0.39, 0.29) is 5.91 Å². The van der Waals surface area contributed by atoms with Crippen LogP contribution in [0.3, 0.4) is 0 Å². The zero-order valence-electron chi connectivity index (χ0n) is 12.0. The maximum Gasteiger partial charge on any atom is 0.255 e. The van der Waals surface area contributed by atoms with Gasteiger partial charge in [0, 0.05) is 45.1 Å². The van der Waals surface area contributed by atoms with E-state index in [4.69, 9.17) is 12.2 Å². The fourth-order valence-electron chi connectivity index (χ4n) is 1.72. The van der Waals surface area contributed by atoms with Gasteiger partial charge >= 0.3 is 0 Å². The number of anilines is 1. The van der Waals surface area contributed by atoms with Crippen molar-refractivity contribution < 1.29 is 4.79 Å². The molecule has 0 radical (unpaired) electrons. The molecule has 7 heteroatoms. The minimum atomic E-state index is -0.231. The molecule has 0 aliphatic rings. The van der Waals surface area contributed by atoms with E-state index in [0.29, 0.717) is 29.1 Å². The molecule has 2 heterocycles. The molecule has 6 nitrogen and oxygen atoms in total. The molecule has 0 saturated carbocycles. The number of carbonyl (C=O) groups is 1. The van der Waals surface area contributed by atoms with Crippen LogP contribution >= 0.6 is 12.2 Å². The van der Waals surface area contributed by atoms with Gasteiger partial charge in [-0.3, -0.25) is 9.78 Å². The summed E-state index contributed by atoms with van der Waals surface area (Å²) in [4.78, 5) is 25.1. The van der Waals surface area contributed by atoms with E-state index in [1.165, 1.54) is 6.20 Å². The van der Waals surface area contributed by atoms with E-state index >= 15 is 0 Å². The van der Waals surface area contributed by atoms with Crippen LogP contribution in [0.25, 0.3) is 0 Å². The largest absolute Gasteiger partial charge is 0.352 e. The number of carbonyl (C=O) groups excluding carboxylic acids is 1. The average Bonchev–Trinajstić information content (AvgIpc) is 2.48. The Morgan fingerprint density at radius 2 is 2.19 bits per heavy atom. The number of amides is 1. The smallest absolute Gasteiger partial charge is 0.255 e. The van der Waals surface area contributed by atoms with E-state index in [9.17, 15) is 4.79 Å². The van der Waals surface area contributed by atoms with Crippen molar-refractivity contribution in [3.05, 3.63) is 46.5 Å². The van der Waals surface area contributed by atoms with E-state index < -0.39 is 0 Å². The molecule has 1 amide bonds. The second kappa shape index (κ2) is 6.94. The predicted molar refractivity (Wildman–Crippen MR) is 84.0 cm³/mol. The first-order chi connectivity index (χ1) is 10.1. The van der Waals surface area contributed by atoms with Crippen LogP contribution < -0.4 is 10.2 Å². The number of hydrogen-bond acceptors (Lipinski definition) is 5. The normalized spacial score (nSPS) is 10.2. The van der Waals surface area contributed by atoms with Gasteiger partial charge in [-0.2, -0.15) is 0 Å². The standard InChI is InChI=1S/C14H17N5OS/c1-19(2)14-17-9-11(13(21)18-14)12(20)16-8-6-10-5-3-4-7-15-10/h3-5,7,9H,6,8H2,1-2H3,(H,16,20)(H,17,18,21). The van der Waals surface area contributed by atoms with Gasteiger partial charge in [-0.05, 0) is 12.1 Å².